The van der Waals surface area contributed by atoms with Crippen molar-refractivity contribution in [2.24, 2.45) is 11.0 Å². The predicted molar refractivity (Wildman–Crippen MR) is 75.5 cm³/mol. The summed E-state index contributed by atoms with van der Waals surface area (Å²) in [7, 11) is 1.17. The summed E-state index contributed by atoms with van der Waals surface area (Å²) in [5.74, 6) is -3.33. The number of benzene rings is 1. The van der Waals surface area contributed by atoms with Gasteiger partial charge in [0.1, 0.15) is 0 Å². The van der Waals surface area contributed by atoms with Crippen LogP contribution in [0.2, 0.25) is 0 Å². The van der Waals surface area contributed by atoms with E-state index in [9.17, 15) is 14.4 Å². The number of aliphatic hydroxyl groups is 1. The van der Waals surface area contributed by atoms with Gasteiger partial charge in [0.25, 0.3) is 5.91 Å². The summed E-state index contributed by atoms with van der Waals surface area (Å²) in [6.07, 6.45) is 0.0297. The van der Waals surface area contributed by atoms with E-state index < -0.39 is 23.8 Å². The summed E-state index contributed by atoms with van der Waals surface area (Å²) in [5, 5.41) is 22.9. The van der Waals surface area contributed by atoms with Gasteiger partial charge in [-0.3, -0.25) is 4.79 Å². The third-order valence-corrected chi connectivity index (χ3v) is 3.19. The molecule has 0 aliphatic carbocycles. The second-order valence-electron chi connectivity index (χ2n) is 4.55. The van der Waals surface area contributed by atoms with Gasteiger partial charge in [-0.2, -0.15) is 10.1 Å². The first-order chi connectivity index (χ1) is 10.5. The van der Waals surface area contributed by atoms with E-state index in [-0.39, 0.29) is 30.0 Å². The number of carboxylic acid groups (broad SMARTS) is 1. The first-order valence-electron chi connectivity index (χ1n) is 6.44. The lowest BCUT2D eigenvalue weighted by atomic mass is 10.00. The van der Waals surface area contributed by atoms with E-state index >= 15 is 0 Å². The lowest BCUT2D eigenvalue weighted by molar-refractivity contribution is -0.133. The number of hydrogen-bond donors (Lipinski definition) is 2. The maximum atomic E-state index is 12.4. The van der Waals surface area contributed by atoms with Crippen molar-refractivity contribution >= 4 is 29.2 Å². The maximum absolute atomic E-state index is 12.4. The highest BCUT2D eigenvalue weighted by molar-refractivity contribution is 6.44. The molecule has 1 aliphatic heterocycles. The van der Waals surface area contributed by atoms with Crippen LogP contribution < -0.4 is 5.01 Å². The van der Waals surface area contributed by atoms with Gasteiger partial charge in [0.2, 0.25) is 0 Å². The summed E-state index contributed by atoms with van der Waals surface area (Å²) in [4.78, 5) is 35.0. The van der Waals surface area contributed by atoms with E-state index in [0.29, 0.717) is 0 Å². The lowest BCUT2D eigenvalue weighted by Crippen LogP contribution is -2.31. The minimum absolute atomic E-state index is 0.00859. The molecular weight excluding hydrogens is 292 g/mol. The monoisotopic (exact) mass is 306 g/mol. The average Bonchev–Trinajstić information content (AvgIpc) is 2.84. The second kappa shape index (κ2) is 6.35. The zero-order chi connectivity index (χ0) is 16.3. The standard InChI is InChI=1S/C14H14N2O6/c1-22-14(21)11-10(5-6-17)12(18)16(15-11)9-4-2-3-8(7-9)13(19)20/h2-4,7,10,17H,5-6H2,1H3,(H,19,20)/t10-/m0/s1. The summed E-state index contributed by atoms with van der Waals surface area (Å²) >= 11 is 0. The molecule has 0 unspecified atom stereocenters. The molecule has 8 heteroatoms. The van der Waals surface area contributed by atoms with Gasteiger partial charge in [0, 0.05) is 6.61 Å². The second-order valence-corrected chi connectivity index (χ2v) is 4.55. The van der Waals surface area contributed by atoms with Gasteiger partial charge >= 0.3 is 11.9 Å². The van der Waals surface area contributed by atoms with Crippen molar-refractivity contribution in [3.8, 4) is 0 Å². The number of nitrogens with zero attached hydrogens (tertiary/aromatic N) is 2. The number of methoxy groups -OCH3 is 1. The Balaban J connectivity index is 2.40. The molecule has 1 aromatic rings. The largest absolute Gasteiger partial charge is 0.478 e. The lowest BCUT2D eigenvalue weighted by Gasteiger charge is -2.14. The quantitative estimate of drug-likeness (QED) is 0.754. The topological polar surface area (TPSA) is 117 Å². The molecule has 0 saturated heterocycles. The van der Waals surface area contributed by atoms with Gasteiger partial charge in [0.05, 0.1) is 24.3 Å². The molecule has 116 valence electrons. The van der Waals surface area contributed by atoms with Gasteiger partial charge in [-0.1, -0.05) is 6.07 Å². The van der Waals surface area contributed by atoms with Gasteiger partial charge in [0.15, 0.2) is 5.71 Å². The Hall–Kier alpha value is -2.74. The normalized spacial score (nSPS) is 17.4. The van der Waals surface area contributed by atoms with Crippen molar-refractivity contribution in [2.45, 2.75) is 6.42 Å². The Morgan fingerprint density at radius 2 is 2.14 bits per heavy atom. The molecule has 1 aliphatic rings. The first-order valence-corrected chi connectivity index (χ1v) is 6.44. The van der Waals surface area contributed by atoms with E-state index in [0.717, 1.165) is 5.01 Å². The zero-order valence-corrected chi connectivity index (χ0v) is 11.7. The number of aromatic carboxylic acids is 1. The number of carbonyl (C=O) groups is 3. The van der Waals surface area contributed by atoms with Crippen LogP contribution in [0.3, 0.4) is 0 Å². The Labute approximate surface area is 125 Å². The number of aliphatic hydroxyl groups excluding tert-OH is 1. The molecule has 8 nitrogen and oxygen atoms in total. The van der Waals surface area contributed by atoms with Gasteiger partial charge in [-0.15, -0.1) is 0 Å². The fraction of sp³-hybridized carbons (Fsp3) is 0.286. The van der Waals surface area contributed by atoms with E-state index in [2.05, 4.69) is 9.84 Å². The van der Waals surface area contributed by atoms with Crippen LogP contribution in [0.4, 0.5) is 5.69 Å². The zero-order valence-electron chi connectivity index (χ0n) is 11.7. The van der Waals surface area contributed by atoms with Crippen molar-refractivity contribution in [3.05, 3.63) is 29.8 Å². The molecular formula is C14H14N2O6. The fourth-order valence-corrected chi connectivity index (χ4v) is 2.12. The van der Waals surface area contributed by atoms with E-state index in [1.807, 2.05) is 0 Å². The molecule has 0 spiro atoms. The Bertz CT molecular complexity index is 654. The minimum Gasteiger partial charge on any atom is -0.478 e. The third kappa shape index (κ3) is 2.82. The SMILES string of the molecule is COC(=O)C1=NN(c2cccc(C(=O)O)c2)C(=O)[C@H]1CCO. The van der Waals surface area contributed by atoms with E-state index in [4.69, 9.17) is 10.2 Å². The highest BCUT2D eigenvalue weighted by Crippen LogP contribution is 2.26. The van der Waals surface area contributed by atoms with Crippen LogP contribution in [-0.2, 0) is 14.3 Å². The van der Waals surface area contributed by atoms with E-state index in [1.165, 1.54) is 31.4 Å². The molecule has 2 rings (SSSR count). The Morgan fingerprint density at radius 1 is 1.41 bits per heavy atom. The number of esters is 1. The molecule has 0 saturated carbocycles. The molecule has 0 bridgehead atoms. The van der Waals surface area contributed by atoms with Crippen molar-refractivity contribution in [3.63, 3.8) is 0 Å². The molecule has 22 heavy (non-hydrogen) atoms. The van der Waals surface area contributed by atoms with Gasteiger partial charge in [-0.05, 0) is 24.6 Å². The summed E-state index contributed by atoms with van der Waals surface area (Å²) in [6, 6.07) is 5.63. The fourth-order valence-electron chi connectivity index (χ4n) is 2.12. The number of hydrogen-bond acceptors (Lipinski definition) is 6. The smallest absolute Gasteiger partial charge is 0.355 e. The Kier molecular flexibility index (Phi) is 4.52. The molecule has 0 fully saturated rings. The van der Waals surface area contributed by atoms with Crippen molar-refractivity contribution in [1.82, 2.24) is 0 Å². The number of carbonyl (C=O) groups excluding carboxylic acids is 2. The number of ether oxygens (including phenoxy) is 1. The average molecular weight is 306 g/mol. The van der Waals surface area contributed by atoms with Crippen LogP contribution in [0.25, 0.3) is 0 Å². The van der Waals surface area contributed by atoms with Gasteiger partial charge < -0.3 is 14.9 Å². The number of hydrazone groups is 1. The molecule has 1 heterocycles. The molecule has 1 amide bonds. The predicted octanol–water partition coefficient (Wildman–Crippen LogP) is 0.259. The highest BCUT2D eigenvalue weighted by atomic mass is 16.5. The van der Waals surface area contributed by atoms with Crippen LogP contribution in [0, 0.1) is 5.92 Å². The summed E-state index contributed by atoms with van der Waals surface area (Å²) in [5.41, 5.74) is 0.111. The Morgan fingerprint density at radius 3 is 2.73 bits per heavy atom. The van der Waals surface area contributed by atoms with Crippen LogP contribution in [-0.4, -0.2) is 47.5 Å². The highest BCUT2D eigenvalue weighted by Gasteiger charge is 2.40. The summed E-state index contributed by atoms with van der Waals surface area (Å²) < 4.78 is 4.58. The van der Waals surface area contributed by atoms with E-state index in [1.54, 1.807) is 0 Å². The number of carboxylic acids is 1. The van der Waals surface area contributed by atoms with Crippen LogP contribution in [0.1, 0.15) is 16.8 Å². The van der Waals surface area contributed by atoms with Gasteiger partial charge in [-0.25, -0.2) is 9.59 Å². The van der Waals surface area contributed by atoms with Crippen LogP contribution in [0.15, 0.2) is 29.4 Å². The summed E-state index contributed by atoms with van der Waals surface area (Å²) in [6.45, 7) is -0.296. The molecule has 0 radical (unpaired) electrons. The van der Waals surface area contributed by atoms with Crippen LogP contribution >= 0.6 is 0 Å². The molecule has 1 aromatic carbocycles. The third-order valence-electron chi connectivity index (χ3n) is 3.19. The molecule has 1 atom stereocenters. The van der Waals surface area contributed by atoms with Crippen molar-refractivity contribution < 1.29 is 29.3 Å². The number of rotatable bonds is 5. The van der Waals surface area contributed by atoms with Crippen molar-refractivity contribution in [1.29, 1.82) is 0 Å². The first kappa shape index (κ1) is 15.6. The minimum atomic E-state index is -1.14. The molecule has 0 aromatic heterocycles. The van der Waals surface area contributed by atoms with Crippen LogP contribution in [0.5, 0.6) is 0 Å². The number of anilines is 1. The maximum Gasteiger partial charge on any atom is 0.355 e. The molecule has 2 N–H and O–H groups in total. The number of amides is 1. The van der Waals surface area contributed by atoms with Crippen molar-refractivity contribution in [2.75, 3.05) is 18.7 Å².